The average Bonchev–Trinajstić information content (AvgIpc) is 2.44. The van der Waals surface area contributed by atoms with Crippen LogP contribution >= 0.6 is 0 Å². The SMILES string of the molecule is Cc1ccccc1C1(C)c2ccccc2C=CN1C. The molecule has 1 aliphatic heterocycles. The van der Waals surface area contributed by atoms with Gasteiger partial charge in [0.1, 0.15) is 0 Å². The third kappa shape index (κ3) is 1.69. The molecule has 0 amide bonds. The monoisotopic (exact) mass is 249 g/mol. The van der Waals surface area contributed by atoms with Crippen molar-refractivity contribution in [3.63, 3.8) is 0 Å². The first-order valence-corrected chi connectivity index (χ1v) is 6.71. The Kier molecular flexibility index (Phi) is 2.70. The topological polar surface area (TPSA) is 3.24 Å². The van der Waals surface area contributed by atoms with E-state index in [0.717, 1.165) is 0 Å². The number of aryl methyl sites for hydroxylation is 1. The molecule has 0 spiro atoms. The average molecular weight is 249 g/mol. The van der Waals surface area contributed by atoms with Crippen LogP contribution in [0.3, 0.4) is 0 Å². The van der Waals surface area contributed by atoms with Gasteiger partial charge in [0.25, 0.3) is 0 Å². The van der Waals surface area contributed by atoms with E-state index in [0.29, 0.717) is 0 Å². The third-order valence-corrected chi connectivity index (χ3v) is 4.34. The van der Waals surface area contributed by atoms with E-state index in [9.17, 15) is 0 Å². The normalized spacial score (nSPS) is 21.3. The van der Waals surface area contributed by atoms with Crippen molar-refractivity contribution in [2.24, 2.45) is 0 Å². The summed E-state index contributed by atoms with van der Waals surface area (Å²) >= 11 is 0. The van der Waals surface area contributed by atoms with Crippen molar-refractivity contribution in [2.75, 3.05) is 7.05 Å². The maximum atomic E-state index is 2.30. The van der Waals surface area contributed by atoms with Gasteiger partial charge >= 0.3 is 0 Å². The first-order chi connectivity index (χ1) is 9.14. The summed E-state index contributed by atoms with van der Waals surface area (Å²) in [6.45, 7) is 4.49. The molecule has 1 heteroatoms. The Bertz CT molecular complexity index is 642. The molecule has 0 fully saturated rings. The van der Waals surface area contributed by atoms with Crippen LogP contribution in [0.25, 0.3) is 6.08 Å². The Hall–Kier alpha value is -2.02. The lowest BCUT2D eigenvalue weighted by atomic mass is 9.77. The van der Waals surface area contributed by atoms with Gasteiger partial charge in [0.2, 0.25) is 0 Å². The summed E-state index contributed by atoms with van der Waals surface area (Å²) in [5, 5.41) is 0. The van der Waals surface area contributed by atoms with Crippen LogP contribution in [0.15, 0.2) is 54.7 Å². The quantitative estimate of drug-likeness (QED) is 0.733. The van der Waals surface area contributed by atoms with Crippen molar-refractivity contribution in [2.45, 2.75) is 19.4 Å². The first-order valence-electron chi connectivity index (χ1n) is 6.71. The van der Waals surface area contributed by atoms with Crippen molar-refractivity contribution in [3.05, 3.63) is 77.0 Å². The van der Waals surface area contributed by atoms with E-state index >= 15 is 0 Å². The zero-order valence-corrected chi connectivity index (χ0v) is 11.7. The molecule has 0 aromatic heterocycles. The highest BCUT2D eigenvalue weighted by atomic mass is 15.2. The largest absolute Gasteiger partial charge is 0.367 e. The summed E-state index contributed by atoms with van der Waals surface area (Å²) in [6.07, 6.45) is 4.37. The molecule has 96 valence electrons. The molecular formula is C18H19N. The van der Waals surface area contributed by atoms with Gasteiger partial charge in [-0.15, -0.1) is 0 Å². The lowest BCUT2D eigenvalue weighted by Crippen LogP contribution is -2.41. The fourth-order valence-electron chi connectivity index (χ4n) is 3.07. The van der Waals surface area contributed by atoms with E-state index < -0.39 is 0 Å². The molecular weight excluding hydrogens is 230 g/mol. The fraction of sp³-hybridized carbons (Fsp3) is 0.222. The molecule has 0 radical (unpaired) electrons. The molecule has 19 heavy (non-hydrogen) atoms. The summed E-state index contributed by atoms with van der Waals surface area (Å²) < 4.78 is 0. The molecule has 0 bridgehead atoms. The summed E-state index contributed by atoms with van der Waals surface area (Å²) in [5.74, 6) is 0. The van der Waals surface area contributed by atoms with E-state index in [-0.39, 0.29) is 5.54 Å². The van der Waals surface area contributed by atoms with Gasteiger partial charge in [-0.2, -0.15) is 0 Å². The van der Waals surface area contributed by atoms with Crippen molar-refractivity contribution in [1.29, 1.82) is 0 Å². The number of rotatable bonds is 1. The number of fused-ring (bicyclic) bond motifs is 1. The molecule has 3 rings (SSSR count). The zero-order chi connectivity index (χ0) is 13.5. The van der Waals surface area contributed by atoms with Crippen LogP contribution in [0.1, 0.15) is 29.2 Å². The van der Waals surface area contributed by atoms with Crippen LogP contribution in [0.4, 0.5) is 0 Å². The predicted octanol–water partition coefficient (Wildman–Crippen LogP) is 4.17. The second kappa shape index (κ2) is 4.27. The van der Waals surface area contributed by atoms with E-state index in [1.54, 1.807) is 0 Å². The van der Waals surface area contributed by atoms with Crippen molar-refractivity contribution < 1.29 is 0 Å². The van der Waals surface area contributed by atoms with Crippen LogP contribution < -0.4 is 0 Å². The summed E-state index contributed by atoms with van der Waals surface area (Å²) in [5.41, 5.74) is 5.29. The Morgan fingerprint density at radius 3 is 2.26 bits per heavy atom. The molecule has 1 unspecified atom stereocenters. The van der Waals surface area contributed by atoms with Crippen LogP contribution in [0.2, 0.25) is 0 Å². The highest BCUT2D eigenvalue weighted by Gasteiger charge is 2.36. The highest BCUT2D eigenvalue weighted by Crippen LogP contribution is 2.41. The fourth-order valence-corrected chi connectivity index (χ4v) is 3.07. The lowest BCUT2D eigenvalue weighted by molar-refractivity contribution is 0.251. The van der Waals surface area contributed by atoms with Gasteiger partial charge in [0, 0.05) is 13.2 Å². The Labute approximate surface area is 115 Å². The van der Waals surface area contributed by atoms with Gasteiger partial charge in [-0.05, 0) is 42.2 Å². The van der Waals surface area contributed by atoms with Crippen molar-refractivity contribution >= 4 is 6.08 Å². The van der Waals surface area contributed by atoms with Gasteiger partial charge in [0.15, 0.2) is 0 Å². The van der Waals surface area contributed by atoms with Gasteiger partial charge in [-0.1, -0.05) is 48.5 Å². The Morgan fingerprint density at radius 2 is 1.53 bits per heavy atom. The van der Waals surface area contributed by atoms with E-state index in [1.807, 2.05) is 0 Å². The molecule has 0 aliphatic carbocycles. The number of hydrogen-bond donors (Lipinski definition) is 0. The van der Waals surface area contributed by atoms with Gasteiger partial charge in [-0.25, -0.2) is 0 Å². The maximum absolute atomic E-state index is 2.30. The lowest BCUT2D eigenvalue weighted by Gasteiger charge is -2.43. The molecule has 0 saturated carbocycles. The molecule has 2 aromatic rings. The van der Waals surface area contributed by atoms with E-state index in [4.69, 9.17) is 0 Å². The van der Waals surface area contributed by atoms with Gasteiger partial charge in [0.05, 0.1) is 5.54 Å². The molecule has 1 nitrogen and oxygen atoms in total. The van der Waals surface area contributed by atoms with Gasteiger partial charge < -0.3 is 4.90 Å². The molecule has 2 aromatic carbocycles. The van der Waals surface area contributed by atoms with Gasteiger partial charge in [-0.3, -0.25) is 0 Å². The minimum Gasteiger partial charge on any atom is -0.367 e. The maximum Gasteiger partial charge on any atom is 0.0877 e. The molecule has 1 aliphatic rings. The highest BCUT2D eigenvalue weighted by molar-refractivity contribution is 5.61. The van der Waals surface area contributed by atoms with Crippen LogP contribution in [0, 0.1) is 6.92 Å². The minimum atomic E-state index is -0.101. The zero-order valence-electron chi connectivity index (χ0n) is 11.7. The standard InChI is InChI=1S/C18H19N/c1-14-8-4-6-10-16(14)18(2)17-11-7-5-9-15(17)12-13-19(18)3/h4-13H,1-3H3. The second-order valence-corrected chi connectivity index (χ2v) is 5.40. The third-order valence-electron chi connectivity index (χ3n) is 4.34. The number of hydrogen-bond acceptors (Lipinski definition) is 1. The van der Waals surface area contributed by atoms with Crippen LogP contribution in [-0.2, 0) is 5.54 Å². The molecule has 1 atom stereocenters. The Morgan fingerprint density at radius 1 is 0.895 bits per heavy atom. The van der Waals surface area contributed by atoms with Crippen LogP contribution in [0.5, 0.6) is 0 Å². The smallest absolute Gasteiger partial charge is 0.0877 e. The predicted molar refractivity (Wildman–Crippen MR) is 80.9 cm³/mol. The first kappa shape index (κ1) is 12.0. The summed E-state index contributed by atoms with van der Waals surface area (Å²) in [7, 11) is 2.15. The van der Waals surface area contributed by atoms with Crippen molar-refractivity contribution in [1.82, 2.24) is 4.90 Å². The molecule has 0 N–H and O–H groups in total. The Balaban J connectivity index is 2.28. The van der Waals surface area contributed by atoms with E-state index in [2.05, 4.69) is 86.6 Å². The summed E-state index contributed by atoms with van der Waals surface area (Å²) in [6, 6.07) is 17.3. The number of nitrogens with zero attached hydrogens (tertiary/aromatic N) is 1. The summed E-state index contributed by atoms with van der Waals surface area (Å²) in [4.78, 5) is 2.30. The molecule has 1 heterocycles. The number of benzene rings is 2. The van der Waals surface area contributed by atoms with Crippen molar-refractivity contribution in [3.8, 4) is 0 Å². The second-order valence-electron chi connectivity index (χ2n) is 5.40. The minimum absolute atomic E-state index is 0.101. The van der Waals surface area contributed by atoms with E-state index in [1.165, 1.54) is 22.3 Å². The van der Waals surface area contributed by atoms with Crippen LogP contribution in [-0.4, -0.2) is 11.9 Å². The molecule has 0 saturated heterocycles.